The number of nitrogens with zero attached hydrogens (tertiary/aromatic N) is 1. The second kappa shape index (κ2) is 8.20. The van der Waals surface area contributed by atoms with Crippen LogP contribution in [0.5, 0.6) is 0 Å². The van der Waals surface area contributed by atoms with E-state index in [1.807, 2.05) is 29.0 Å². The molecule has 2 aromatic rings. The van der Waals surface area contributed by atoms with E-state index < -0.39 is 10.0 Å². The van der Waals surface area contributed by atoms with E-state index in [2.05, 4.69) is 12.2 Å². The Morgan fingerprint density at radius 3 is 2.38 bits per heavy atom. The van der Waals surface area contributed by atoms with Gasteiger partial charge in [0, 0.05) is 5.56 Å². The van der Waals surface area contributed by atoms with Gasteiger partial charge in [-0.25, -0.2) is 13.1 Å². The Kier molecular flexibility index (Phi) is 5.75. The number of hydrogen-bond acceptors (Lipinski definition) is 3. The van der Waals surface area contributed by atoms with Crippen molar-refractivity contribution >= 4 is 16.1 Å². The molecule has 2 aromatic carbocycles. The fourth-order valence-corrected chi connectivity index (χ4v) is 4.37. The molecule has 0 heterocycles. The lowest BCUT2D eigenvalue weighted by Crippen LogP contribution is -2.18. The highest BCUT2D eigenvalue weighted by Gasteiger charge is 2.18. The third kappa shape index (κ3) is 4.33. The SMILES string of the molecule is N#CNS(=O)(=O)c1ccccc1-c1ccc(C=CC2CCCCC2)cc1. The van der Waals surface area contributed by atoms with Crippen molar-refractivity contribution in [2.75, 3.05) is 0 Å². The first-order valence-corrected chi connectivity index (χ1v) is 10.4. The third-order valence-corrected chi connectivity index (χ3v) is 6.08. The molecule has 134 valence electrons. The number of nitrogens with one attached hydrogen (secondary N) is 1. The lowest BCUT2D eigenvalue weighted by Gasteiger charge is -2.17. The number of hydrogen-bond donors (Lipinski definition) is 1. The molecule has 0 atom stereocenters. The lowest BCUT2D eigenvalue weighted by molar-refractivity contribution is 0.420. The smallest absolute Gasteiger partial charge is 0.215 e. The zero-order chi connectivity index (χ0) is 18.4. The Bertz CT molecular complexity index is 919. The van der Waals surface area contributed by atoms with E-state index in [4.69, 9.17) is 5.26 Å². The maximum atomic E-state index is 12.2. The molecule has 1 saturated carbocycles. The van der Waals surface area contributed by atoms with E-state index in [9.17, 15) is 8.42 Å². The highest BCUT2D eigenvalue weighted by molar-refractivity contribution is 7.89. The third-order valence-electron chi connectivity index (χ3n) is 4.79. The second-order valence-electron chi connectivity index (χ2n) is 6.59. The van der Waals surface area contributed by atoms with E-state index in [1.54, 1.807) is 18.2 Å². The molecule has 1 fully saturated rings. The molecule has 5 heteroatoms. The minimum absolute atomic E-state index is 0.104. The van der Waals surface area contributed by atoms with Crippen LogP contribution in [0.25, 0.3) is 17.2 Å². The molecular weight excluding hydrogens is 344 g/mol. The van der Waals surface area contributed by atoms with Gasteiger partial charge in [-0.3, -0.25) is 0 Å². The van der Waals surface area contributed by atoms with Gasteiger partial charge in [0.25, 0.3) is 10.0 Å². The Balaban J connectivity index is 1.83. The van der Waals surface area contributed by atoms with E-state index in [0.29, 0.717) is 11.5 Å². The van der Waals surface area contributed by atoms with Gasteiger partial charge in [0.05, 0.1) is 4.90 Å². The summed E-state index contributed by atoms with van der Waals surface area (Å²) >= 11 is 0. The first-order chi connectivity index (χ1) is 12.6. The van der Waals surface area contributed by atoms with E-state index in [-0.39, 0.29) is 4.90 Å². The Hall–Kier alpha value is -2.58. The van der Waals surface area contributed by atoms with Crippen LogP contribution in [-0.4, -0.2) is 8.42 Å². The standard InChI is InChI=1S/C21H22N2O2S/c22-16-23-26(24,25)21-9-5-4-8-20(21)19-14-12-18(13-15-19)11-10-17-6-2-1-3-7-17/h4-5,8-15,17,23H,1-3,6-7H2. The van der Waals surface area contributed by atoms with Crippen LogP contribution < -0.4 is 4.72 Å². The van der Waals surface area contributed by atoms with Gasteiger partial charge in [0.15, 0.2) is 6.19 Å². The number of allylic oxidation sites excluding steroid dienone is 1. The predicted molar refractivity (Wildman–Crippen MR) is 103 cm³/mol. The second-order valence-corrected chi connectivity index (χ2v) is 8.24. The van der Waals surface area contributed by atoms with E-state index in [0.717, 1.165) is 11.1 Å². The van der Waals surface area contributed by atoms with Gasteiger partial charge in [0.2, 0.25) is 0 Å². The summed E-state index contributed by atoms with van der Waals surface area (Å²) in [4.78, 5) is 0.104. The molecule has 0 radical (unpaired) electrons. The number of benzene rings is 2. The summed E-state index contributed by atoms with van der Waals surface area (Å²) in [6.45, 7) is 0. The van der Waals surface area contributed by atoms with E-state index >= 15 is 0 Å². The average molecular weight is 366 g/mol. The Morgan fingerprint density at radius 1 is 1.00 bits per heavy atom. The normalized spacial score (nSPS) is 15.7. The van der Waals surface area contributed by atoms with Crippen molar-refractivity contribution in [1.29, 1.82) is 5.26 Å². The van der Waals surface area contributed by atoms with Crippen LogP contribution in [0.2, 0.25) is 0 Å². The van der Waals surface area contributed by atoms with Crippen molar-refractivity contribution in [3.8, 4) is 17.3 Å². The highest BCUT2D eigenvalue weighted by atomic mass is 32.2. The van der Waals surface area contributed by atoms with Crippen LogP contribution in [0.15, 0.2) is 59.5 Å². The molecule has 1 aliphatic rings. The first kappa shape index (κ1) is 18.2. The van der Waals surface area contributed by atoms with Crippen LogP contribution in [0, 0.1) is 17.4 Å². The van der Waals surface area contributed by atoms with Crippen LogP contribution in [-0.2, 0) is 10.0 Å². The summed E-state index contributed by atoms with van der Waals surface area (Å²) in [5.74, 6) is 0.673. The van der Waals surface area contributed by atoms with Crippen molar-refractivity contribution in [3.05, 3.63) is 60.2 Å². The monoisotopic (exact) mass is 366 g/mol. The molecule has 0 spiro atoms. The van der Waals surface area contributed by atoms with Gasteiger partial charge in [-0.1, -0.05) is 73.9 Å². The van der Waals surface area contributed by atoms with Gasteiger partial charge in [0.1, 0.15) is 0 Å². The fraction of sp³-hybridized carbons (Fsp3) is 0.286. The molecule has 0 saturated heterocycles. The van der Waals surface area contributed by atoms with Gasteiger partial charge in [-0.15, -0.1) is 0 Å². The molecule has 1 aliphatic carbocycles. The molecule has 26 heavy (non-hydrogen) atoms. The molecular formula is C21H22N2O2S. The van der Waals surface area contributed by atoms with Gasteiger partial charge in [-0.05, 0) is 36.0 Å². The minimum Gasteiger partial charge on any atom is -0.215 e. The molecule has 1 N–H and O–H groups in total. The summed E-state index contributed by atoms with van der Waals surface area (Å²) in [7, 11) is -3.85. The molecule has 0 unspecified atom stereocenters. The molecule has 0 aromatic heterocycles. The largest absolute Gasteiger partial charge is 0.270 e. The topological polar surface area (TPSA) is 70.0 Å². The van der Waals surface area contributed by atoms with Crippen LogP contribution in [0.1, 0.15) is 37.7 Å². The predicted octanol–water partition coefficient (Wildman–Crippen LogP) is 4.71. The number of rotatable bonds is 5. The maximum Gasteiger partial charge on any atom is 0.270 e. The summed E-state index contributed by atoms with van der Waals surface area (Å²) in [6.07, 6.45) is 12.5. The van der Waals surface area contributed by atoms with Crippen LogP contribution in [0.4, 0.5) is 0 Å². The van der Waals surface area contributed by atoms with E-state index in [1.165, 1.54) is 44.4 Å². The van der Waals surface area contributed by atoms with Crippen molar-refractivity contribution in [2.45, 2.75) is 37.0 Å². The maximum absolute atomic E-state index is 12.2. The van der Waals surface area contributed by atoms with Crippen LogP contribution in [0.3, 0.4) is 0 Å². The average Bonchev–Trinajstić information content (AvgIpc) is 2.68. The molecule has 3 rings (SSSR count). The van der Waals surface area contributed by atoms with Gasteiger partial charge < -0.3 is 0 Å². The summed E-state index contributed by atoms with van der Waals surface area (Å²) in [5.41, 5.74) is 2.49. The first-order valence-electron chi connectivity index (χ1n) is 8.89. The highest BCUT2D eigenvalue weighted by Crippen LogP contribution is 2.28. The van der Waals surface area contributed by atoms with Crippen molar-refractivity contribution in [2.24, 2.45) is 5.92 Å². The number of nitriles is 1. The zero-order valence-electron chi connectivity index (χ0n) is 14.6. The minimum atomic E-state index is -3.85. The van der Waals surface area contributed by atoms with Crippen molar-refractivity contribution < 1.29 is 8.42 Å². The molecule has 4 nitrogen and oxygen atoms in total. The Labute approximate surface area is 155 Å². The van der Waals surface area contributed by atoms with Crippen molar-refractivity contribution in [3.63, 3.8) is 0 Å². The summed E-state index contributed by atoms with van der Waals surface area (Å²) in [6, 6.07) is 14.5. The number of sulfonamides is 1. The summed E-state index contributed by atoms with van der Waals surface area (Å²) in [5, 5.41) is 8.68. The quantitative estimate of drug-likeness (QED) is 0.615. The fourth-order valence-electron chi connectivity index (χ4n) is 3.40. The van der Waals surface area contributed by atoms with Gasteiger partial charge in [-0.2, -0.15) is 5.26 Å². The van der Waals surface area contributed by atoms with Crippen LogP contribution >= 0.6 is 0 Å². The summed E-state index contributed by atoms with van der Waals surface area (Å²) < 4.78 is 26.3. The zero-order valence-corrected chi connectivity index (χ0v) is 15.4. The van der Waals surface area contributed by atoms with Crippen molar-refractivity contribution in [1.82, 2.24) is 4.72 Å². The Morgan fingerprint density at radius 2 is 1.69 bits per heavy atom. The molecule has 0 bridgehead atoms. The lowest BCUT2D eigenvalue weighted by atomic mass is 9.89. The van der Waals surface area contributed by atoms with Gasteiger partial charge >= 0.3 is 0 Å². The molecule has 0 aliphatic heterocycles. The molecule has 0 amide bonds.